The predicted octanol–water partition coefficient (Wildman–Crippen LogP) is 1.66. The van der Waals surface area contributed by atoms with E-state index in [2.05, 4.69) is 20.6 Å². The molecule has 0 unspecified atom stereocenters. The van der Waals surface area contributed by atoms with E-state index in [0.717, 1.165) is 11.1 Å². The van der Waals surface area contributed by atoms with Crippen LogP contribution in [-0.2, 0) is 17.8 Å². The van der Waals surface area contributed by atoms with Crippen LogP contribution in [0.5, 0.6) is 5.75 Å². The number of hydrogen-bond acceptors (Lipinski definition) is 7. The Morgan fingerprint density at radius 3 is 2.76 bits per heavy atom. The van der Waals surface area contributed by atoms with Gasteiger partial charge in [-0.1, -0.05) is 17.3 Å². The monoisotopic (exact) mass is 495 g/mol. The van der Waals surface area contributed by atoms with Gasteiger partial charge in [-0.3, -0.25) is 14.5 Å². The standard InChI is InChI=1S/C22H25N5O4.2ClH/c1-31-17-6-2-4-14(8-17)9-20(28)24-18-10-16(21(29)22(18)30)12-27-13-19(25-26-27)15-5-3-7-23-11-15;;/h2-8,11,13,16,18,21-22,29-30H,9-10,12H2,1H3,(H,24,28);2*1H/t16-,18-,21-,22+;;/m1../s1. The molecule has 1 aromatic carbocycles. The molecule has 3 aromatic rings. The Bertz CT molecular complexity index is 1040. The van der Waals surface area contributed by atoms with Gasteiger partial charge in [0.05, 0.1) is 31.9 Å². The fourth-order valence-corrected chi connectivity index (χ4v) is 3.95. The molecular weight excluding hydrogens is 469 g/mol. The zero-order valence-corrected chi connectivity index (χ0v) is 19.6. The van der Waals surface area contributed by atoms with Crippen molar-refractivity contribution in [3.63, 3.8) is 0 Å². The van der Waals surface area contributed by atoms with Crippen LogP contribution in [0.1, 0.15) is 12.0 Å². The molecule has 2 heterocycles. The highest BCUT2D eigenvalue weighted by molar-refractivity contribution is 5.85. The number of nitrogens with zero attached hydrogens (tertiary/aromatic N) is 4. The number of halogens is 2. The molecule has 3 N–H and O–H groups in total. The smallest absolute Gasteiger partial charge is 0.224 e. The molecular formula is C22H27Cl2N5O4. The van der Waals surface area contributed by atoms with Crippen molar-refractivity contribution >= 4 is 30.7 Å². The van der Waals surface area contributed by atoms with Crippen LogP contribution in [0.4, 0.5) is 0 Å². The number of benzene rings is 1. The molecule has 11 heteroatoms. The maximum absolute atomic E-state index is 12.5. The number of hydrogen-bond donors (Lipinski definition) is 3. The highest BCUT2D eigenvalue weighted by Crippen LogP contribution is 2.28. The lowest BCUT2D eigenvalue weighted by Gasteiger charge is -2.18. The molecule has 1 fully saturated rings. The number of aliphatic hydroxyl groups is 2. The number of aromatic nitrogens is 4. The molecule has 0 saturated heterocycles. The van der Waals surface area contributed by atoms with E-state index in [0.29, 0.717) is 24.4 Å². The van der Waals surface area contributed by atoms with E-state index >= 15 is 0 Å². The van der Waals surface area contributed by atoms with Crippen molar-refractivity contribution in [3.05, 3.63) is 60.6 Å². The van der Waals surface area contributed by atoms with Crippen molar-refractivity contribution in [2.45, 2.75) is 37.6 Å². The largest absolute Gasteiger partial charge is 0.497 e. The minimum Gasteiger partial charge on any atom is -0.497 e. The zero-order valence-electron chi connectivity index (χ0n) is 17.9. The summed E-state index contributed by atoms with van der Waals surface area (Å²) in [6, 6.07) is 10.5. The summed E-state index contributed by atoms with van der Waals surface area (Å²) in [7, 11) is 1.57. The van der Waals surface area contributed by atoms with Gasteiger partial charge in [0.25, 0.3) is 0 Å². The SMILES string of the molecule is COc1cccc(CC(=O)N[C@@H]2C[C@H](Cn3cc(-c4cccnc4)nn3)[C@@H](O)[C@H]2O)c1.Cl.Cl. The zero-order chi connectivity index (χ0) is 21.8. The van der Waals surface area contributed by atoms with Crippen molar-refractivity contribution in [1.82, 2.24) is 25.3 Å². The second-order valence-electron chi connectivity index (χ2n) is 7.75. The third kappa shape index (κ3) is 6.42. The van der Waals surface area contributed by atoms with E-state index in [1.807, 2.05) is 30.3 Å². The van der Waals surface area contributed by atoms with E-state index in [4.69, 9.17) is 4.74 Å². The molecule has 33 heavy (non-hydrogen) atoms. The van der Waals surface area contributed by atoms with Gasteiger partial charge in [0.1, 0.15) is 17.5 Å². The molecule has 4 rings (SSSR count). The number of nitrogens with one attached hydrogen (secondary N) is 1. The fourth-order valence-electron chi connectivity index (χ4n) is 3.95. The molecule has 1 aliphatic carbocycles. The minimum absolute atomic E-state index is 0. The molecule has 1 saturated carbocycles. The summed E-state index contributed by atoms with van der Waals surface area (Å²) in [6.07, 6.45) is 3.77. The van der Waals surface area contributed by atoms with E-state index < -0.39 is 18.2 Å². The summed E-state index contributed by atoms with van der Waals surface area (Å²) in [5.74, 6) is 0.200. The quantitative estimate of drug-likeness (QED) is 0.455. The van der Waals surface area contributed by atoms with Crippen LogP contribution in [0.15, 0.2) is 55.0 Å². The number of pyridine rings is 1. The molecule has 1 amide bonds. The van der Waals surface area contributed by atoms with Gasteiger partial charge in [-0.15, -0.1) is 29.9 Å². The Hall–Kier alpha value is -2.72. The van der Waals surface area contributed by atoms with Crippen LogP contribution in [0, 0.1) is 5.92 Å². The first-order valence-electron chi connectivity index (χ1n) is 10.1. The lowest BCUT2D eigenvalue weighted by molar-refractivity contribution is -0.122. The molecule has 1 aliphatic rings. The topological polar surface area (TPSA) is 122 Å². The van der Waals surface area contributed by atoms with Gasteiger partial charge in [0.15, 0.2) is 0 Å². The second-order valence-corrected chi connectivity index (χ2v) is 7.75. The lowest BCUT2D eigenvalue weighted by atomic mass is 10.1. The second kappa shape index (κ2) is 11.9. The third-order valence-electron chi connectivity index (χ3n) is 5.56. The minimum atomic E-state index is -1.04. The van der Waals surface area contributed by atoms with Crippen LogP contribution in [0.3, 0.4) is 0 Å². The normalized spacial score (nSPS) is 21.5. The van der Waals surface area contributed by atoms with Crippen molar-refractivity contribution in [3.8, 4) is 17.0 Å². The van der Waals surface area contributed by atoms with E-state index in [9.17, 15) is 15.0 Å². The van der Waals surface area contributed by atoms with Crippen molar-refractivity contribution in [1.29, 1.82) is 0 Å². The fraction of sp³-hybridized carbons (Fsp3) is 0.364. The van der Waals surface area contributed by atoms with Gasteiger partial charge < -0.3 is 20.3 Å². The average molecular weight is 496 g/mol. The first-order valence-corrected chi connectivity index (χ1v) is 10.1. The average Bonchev–Trinajstić information content (AvgIpc) is 3.35. The van der Waals surface area contributed by atoms with Crippen LogP contribution in [0.25, 0.3) is 11.3 Å². The van der Waals surface area contributed by atoms with Crippen LogP contribution in [0.2, 0.25) is 0 Å². The molecule has 178 valence electrons. The van der Waals surface area contributed by atoms with E-state index in [-0.39, 0.29) is 43.1 Å². The molecule has 4 atom stereocenters. The number of carbonyl (C=O) groups excluding carboxylic acids is 1. The number of methoxy groups -OCH3 is 1. The lowest BCUT2D eigenvalue weighted by Crippen LogP contribution is -2.43. The van der Waals surface area contributed by atoms with Gasteiger partial charge in [-0.05, 0) is 36.2 Å². The Labute approximate surface area is 204 Å². The highest BCUT2D eigenvalue weighted by Gasteiger charge is 2.42. The summed E-state index contributed by atoms with van der Waals surface area (Å²) < 4.78 is 6.82. The Morgan fingerprint density at radius 1 is 1.21 bits per heavy atom. The van der Waals surface area contributed by atoms with Gasteiger partial charge in [-0.2, -0.15) is 0 Å². The van der Waals surface area contributed by atoms with Crippen LogP contribution in [-0.4, -0.2) is 61.5 Å². The van der Waals surface area contributed by atoms with E-state index in [1.54, 1.807) is 36.4 Å². The first-order chi connectivity index (χ1) is 15.0. The molecule has 9 nitrogen and oxygen atoms in total. The summed E-state index contributed by atoms with van der Waals surface area (Å²) in [6.45, 7) is 0.383. The van der Waals surface area contributed by atoms with Gasteiger partial charge in [0, 0.05) is 30.4 Å². The summed E-state index contributed by atoms with van der Waals surface area (Å²) in [4.78, 5) is 16.5. The molecule has 0 bridgehead atoms. The molecule has 0 spiro atoms. The predicted molar refractivity (Wildman–Crippen MR) is 126 cm³/mol. The molecule has 2 aromatic heterocycles. The summed E-state index contributed by atoms with van der Waals surface area (Å²) in [5.41, 5.74) is 2.35. The van der Waals surface area contributed by atoms with Crippen molar-refractivity contribution in [2.75, 3.05) is 7.11 Å². The van der Waals surface area contributed by atoms with Crippen molar-refractivity contribution in [2.24, 2.45) is 5.92 Å². The Kier molecular flexibility index (Phi) is 9.60. The third-order valence-corrected chi connectivity index (χ3v) is 5.56. The van der Waals surface area contributed by atoms with Crippen molar-refractivity contribution < 1.29 is 19.7 Å². The first kappa shape index (κ1) is 26.5. The summed E-state index contributed by atoms with van der Waals surface area (Å²) in [5, 5.41) is 32.1. The van der Waals surface area contributed by atoms with Gasteiger partial charge >= 0.3 is 0 Å². The summed E-state index contributed by atoms with van der Waals surface area (Å²) >= 11 is 0. The van der Waals surface area contributed by atoms with Gasteiger partial charge in [-0.25, -0.2) is 0 Å². The Balaban J connectivity index is 0.00000193. The van der Waals surface area contributed by atoms with E-state index in [1.165, 1.54) is 0 Å². The number of rotatable bonds is 7. The Morgan fingerprint density at radius 2 is 2.03 bits per heavy atom. The number of aliphatic hydroxyl groups excluding tert-OH is 2. The number of amides is 1. The molecule has 0 aliphatic heterocycles. The van der Waals surface area contributed by atoms with Gasteiger partial charge in [0.2, 0.25) is 5.91 Å². The van der Waals surface area contributed by atoms with Crippen LogP contribution < -0.4 is 10.1 Å². The van der Waals surface area contributed by atoms with Crippen LogP contribution >= 0.6 is 24.8 Å². The maximum Gasteiger partial charge on any atom is 0.224 e. The molecule has 0 radical (unpaired) electrons. The number of carbonyl (C=O) groups is 1. The maximum atomic E-state index is 12.5. The highest BCUT2D eigenvalue weighted by atomic mass is 35.5. The number of ether oxygens (including phenoxy) is 1.